The van der Waals surface area contributed by atoms with Crippen LogP contribution < -0.4 is 10.2 Å². The molecule has 3 aliphatic heterocycles. The highest BCUT2D eigenvalue weighted by atomic mass is 16.5. The molecule has 8 nitrogen and oxygen atoms in total. The Hall–Kier alpha value is -2.45. The van der Waals surface area contributed by atoms with Crippen LogP contribution in [0.1, 0.15) is 56.3 Å². The smallest absolute Gasteiger partial charge is 0.251 e. The Morgan fingerprint density at radius 2 is 1.75 bits per heavy atom. The van der Waals surface area contributed by atoms with E-state index in [1.54, 1.807) is 4.90 Å². The van der Waals surface area contributed by atoms with Crippen molar-refractivity contribution in [2.45, 2.75) is 64.1 Å². The molecule has 36 heavy (non-hydrogen) atoms. The molecule has 4 fully saturated rings. The quantitative estimate of drug-likeness (QED) is 0.651. The van der Waals surface area contributed by atoms with E-state index in [0.717, 1.165) is 70.5 Å². The third-order valence-electron chi connectivity index (χ3n) is 8.71. The van der Waals surface area contributed by atoms with Crippen molar-refractivity contribution < 1.29 is 19.1 Å². The van der Waals surface area contributed by atoms with Crippen LogP contribution in [-0.4, -0.2) is 91.5 Å². The summed E-state index contributed by atoms with van der Waals surface area (Å²) in [7, 11) is 0. The summed E-state index contributed by atoms with van der Waals surface area (Å²) in [5.41, 5.74) is 1.69. The second-order valence-electron chi connectivity index (χ2n) is 11.0. The molecule has 1 saturated carbocycles. The lowest BCUT2D eigenvalue weighted by Crippen LogP contribution is -2.55. The van der Waals surface area contributed by atoms with Crippen LogP contribution in [0.25, 0.3) is 0 Å². The normalized spacial score (nSPS) is 28.3. The van der Waals surface area contributed by atoms with Gasteiger partial charge in [-0.05, 0) is 49.6 Å². The van der Waals surface area contributed by atoms with Gasteiger partial charge in [-0.3, -0.25) is 14.4 Å². The van der Waals surface area contributed by atoms with Gasteiger partial charge in [-0.2, -0.15) is 0 Å². The molecule has 0 bridgehead atoms. The number of carbonyl (C=O) groups is 3. The first-order valence-corrected chi connectivity index (χ1v) is 13.8. The first-order chi connectivity index (χ1) is 17.5. The number of amides is 2. The molecule has 1 N–H and O–H groups in total. The van der Waals surface area contributed by atoms with E-state index in [4.69, 9.17) is 4.74 Å². The van der Waals surface area contributed by atoms with Crippen LogP contribution in [0.4, 0.5) is 5.69 Å². The molecule has 5 rings (SSSR count). The Balaban J connectivity index is 1.29. The Bertz CT molecular complexity index is 953. The molecule has 0 aromatic heterocycles. The summed E-state index contributed by atoms with van der Waals surface area (Å²) in [6.45, 7) is 9.93. The Kier molecular flexibility index (Phi) is 7.62. The molecular formula is C28H40N4O4. The zero-order valence-electron chi connectivity index (χ0n) is 21.7. The van der Waals surface area contributed by atoms with Crippen LogP contribution >= 0.6 is 0 Å². The average molecular weight is 497 g/mol. The SMILES string of the molecule is CCN1CCN(c2ccc(C(=O)N[C@H](C(=O)N3C[C@H](C)[C@H]4OCC(=O)[C@H]43)C3CCCCC3)cc2)CC1. The molecule has 4 aliphatic rings. The highest BCUT2D eigenvalue weighted by molar-refractivity contribution is 5.99. The van der Waals surface area contributed by atoms with Gasteiger partial charge in [-0.25, -0.2) is 0 Å². The number of hydrogen-bond acceptors (Lipinski definition) is 6. The van der Waals surface area contributed by atoms with E-state index >= 15 is 0 Å². The minimum atomic E-state index is -0.612. The molecule has 3 heterocycles. The lowest BCUT2D eigenvalue weighted by molar-refractivity contribution is -0.139. The lowest BCUT2D eigenvalue weighted by atomic mass is 9.83. The number of ketones is 1. The standard InChI is InChI=1S/C28H40N4O4/c1-3-30-13-15-31(16-14-30)22-11-9-21(10-12-22)27(34)29-24(20-7-5-4-6-8-20)28(35)32-17-19(2)26-25(32)23(33)18-36-26/h9-12,19-20,24-26H,3-8,13-18H2,1-2H3,(H,29,34)/t19-,24-,25+,26+/m0/s1. The summed E-state index contributed by atoms with van der Waals surface area (Å²) in [5.74, 6) is -0.171. The van der Waals surface area contributed by atoms with Gasteiger partial charge in [0.15, 0.2) is 5.78 Å². The number of Topliss-reactive ketones (excluding diaryl/α,β-unsaturated/α-hetero) is 1. The van der Waals surface area contributed by atoms with Gasteiger partial charge >= 0.3 is 0 Å². The number of likely N-dealkylation sites (N-methyl/N-ethyl adjacent to an activating group) is 1. The molecule has 1 aliphatic carbocycles. The lowest BCUT2D eigenvalue weighted by Gasteiger charge is -2.35. The summed E-state index contributed by atoms with van der Waals surface area (Å²) in [6.07, 6.45) is 4.90. The van der Waals surface area contributed by atoms with Crippen molar-refractivity contribution in [2.24, 2.45) is 11.8 Å². The van der Waals surface area contributed by atoms with Crippen molar-refractivity contribution in [3.8, 4) is 0 Å². The van der Waals surface area contributed by atoms with E-state index < -0.39 is 12.1 Å². The first-order valence-electron chi connectivity index (χ1n) is 13.8. The molecular weight excluding hydrogens is 456 g/mol. The number of piperazine rings is 1. The fourth-order valence-corrected chi connectivity index (χ4v) is 6.52. The number of nitrogens with zero attached hydrogens (tertiary/aromatic N) is 3. The van der Waals surface area contributed by atoms with E-state index in [9.17, 15) is 14.4 Å². The molecule has 0 spiro atoms. The fraction of sp³-hybridized carbons (Fsp3) is 0.679. The van der Waals surface area contributed by atoms with Crippen LogP contribution in [0.3, 0.4) is 0 Å². The Morgan fingerprint density at radius 3 is 2.42 bits per heavy atom. The largest absolute Gasteiger partial charge is 0.369 e. The second-order valence-corrected chi connectivity index (χ2v) is 11.0. The van der Waals surface area contributed by atoms with Crippen LogP contribution in [0.5, 0.6) is 0 Å². The van der Waals surface area contributed by atoms with E-state index in [1.165, 1.54) is 0 Å². The van der Waals surface area contributed by atoms with Gasteiger partial charge < -0.3 is 24.8 Å². The molecule has 0 radical (unpaired) electrons. The van der Waals surface area contributed by atoms with Crippen LogP contribution in [0.2, 0.25) is 0 Å². The second kappa shape index (κ2) is 10.9. The Morgan fingerprint density at radius 1 is 1.06 bits per heavy atom. The zero-order chi connectivity index (χ0) is 25.2. The van der Waals surface area contributed by atoms with Crippen LogP contribution in [0, 0.1) is 11.8 Å². The number of likely N-dealkylation sites (tertiary alicyclic amines) is 1. The molecule has 2 amide bonds. The van der Waals surface area contributed by atoms with Gasteiger partial charge in [0.25, 0.3) is 5.91 Å². The van der Waals surface area contributed by atoms with Crippen molar-refractivity contribution in [3.05, 3.63) is 29.8 Å². The number of fused-ring (bicyclic) bond motifs is 1. The van der Waals surface area contributed by atoms with Gasteiger partial charge in [0.2, 0.25) is 5.91 Å². The molecule has 3 saturated heterocycles. The predicted molar refractivity (Wildman–Crippen MR) is 138 cm³/mol. The zero-order valence-corrected chi connectivity index (χ0v) is 21.7. The topological polar surface area (TPSA) is 82.2 Å². The van der Waals surface area contributed by atoms with Gasteiger partial charge in [0.05, 0.1) is 6.10 Å². The number of carbonyl (C=O) groups excluding carboxylic acids is 3. The average Bonchev–Trinajstić information content (AvgIpc) is 3.47. The van der Waals surface area contributed by atoms with Crippen LogP contribution in [0.15, 0.2) is 24.3 Å². The maximum absolute atomic E-state index is 13.9. The fourth-order valence-electron chi connectivity index (χ4n) is 6.52. The first kappa shape index (κ1) is 25.2. The molecule has 8 heteroatoms. The molecule has 4 atom stereocenters. The number of anilines is 1. The van der Waals surface area contributed by atoms with E-state index in [0.29, 0.717) is 12.1 Å². The summed E-state index contributed by atoms with van der Waals surface area (Å²) >= 11 is 0. The van der Waals surface area contributed by atoms with Crippen molar-refractivity contribution >= 4 is 23.3 Å². The van der Waals surface area contributed by atoms with E-state index in [2.05, 4.69) is 22.0 Å². The van der Waals surface area contributed by atoms with Gasteiger partial charge in [0.1, 0.15) is 18.7 Å². The Labute approximate surface area is 214 Å². The van der Waals surface area contributed by atoms with Crippen molar-refractivity contribution in [3.63, 3.8) is 0 Å². The maximum Gasteiger partial charge on any atom is 0.251 e. The summed E-state index contributed by atoms with van der Waals surface area (Å²) in [4.78, 5) is 46.2. The van der Waals surface area contributed by atoms with Crippen molar-refractivity contribution in [1.82, 2.24) is 15.1 Å². The third-order valence-corrected chi connectivity index (χ3v) is 8.71. The summed E-state index contributed by atoms with van der Waals surface area (Å²) in [6, 6.07) is 6.62. The number of ether oxygens (including phenoxy) is 1. The van der Waals surface area contributed by atoms with E-state index in [1.807, 2.05) is 31.2 Å². The van der Waals surface area contributed by atoms with Crippen molar-refractivity contribution in [1.29, 1.82) is 0 Å². The molecule has 0 unspecified atom stereocenters. The molecule has 1 aromatic rings. The number of benzene rings is 1. The number of nitrogens with one attached hydrogen (secondary N) is 1. The third kappa shape index (κ3) is 5.02. The highest BCUT2D eigenvalue weighted by Crippen LogP contribution is 2.34. The summed E-state index contributed by atoms with van der Waals surface area (Å²) in [5, 5.41) is 3.10. The highest BCUT2D eigenvalue weighted by Gasteiger charge is 2.52. The van der Waals surface area contributed by atoms with Gasteiger partial charge in [-0.15, -0.1) is 0 Å². The number of rotatable bonds is 6. The molecule has 1 aromatic carbocycles. The minimum Gasteiger partial charge on any atom is -0.369 e. The minimum absolute atomic E-state index is 0.0261. The monoisotopic (exact) mass is 496 g/mol. The van der Waals surface area contributed by atoms with Gasteiger partial charge in [0, 0.05) is 49.9 Å². The van der Waals surface area contributed by atoms with Gasteiger partial charge in [-0.1, -0.05) is 33.1 Å². The van der Waals surface area contributed by atoms with Crippen LogP contribution in [-0.2, 0) is 14.3 Å². The number of hydrogen-bond donors (Lipinski definition) is 1. The summed E-state index contributed by atoms with van der Waals surface area (Å²) < 4.78 is 5.69. The molecule has 196 valence electrons. The maximum atomic E-state index is 13.9. The predicted octanol–water partition coefficient (Wildman–Crippen LogP) is 2.32. The van der Waals surface area contributed by atoms with E-state index in [-0.39, 0.29) is 42.1 Å². The van der Waals surface area contributed by atoms with Crippen molar-refractivity contribution in [2.75, 3.05) is 50.8 Å².